The molecule has 69 heavy (non-hydrogen) atoms. The Labute approximate surface area is 401 Å². The first-order valence-electron chi connectivity index (χ1n) is 23.3. The lowest BCUT2D eigenvalue weighted by Gasteiger charge is -2.42. The van der Waals surface area contributed by atoms with Gasteiger partial charge in [0.1, 0.15) is 0 Å². The number of aromatic nitrogens is 5. The molecule has 0 saturated heterocycles. The minimum absolute atomic E-state index is 0.550. The lowest BCUT2D eigenvalue weighted by atomic mass is 10.0. The fourth-order valence-electron chi connectivity index (χ4n) is 10.2. The van der Waals surface area contributed by atoms with Crippen molar-refractivity contribution in [1.82, 2.24) is 24.1 Å². The molecule has 0 bridgehead atoms. The molecule has 0 N–H and O–H groups in total. The second-order valence-electron chi connectivity index (χ2n) is 17.2. The van der Waals surface area contributed by atoms with Gasteiger partial charge >= 0.3 is 0 Å². The molecule has 0 fully saturated rings. The van der Waals surface area contributed by atoms with Crippen LogP contribution in [0, 0.1) is 0 Å². The summed E-state index contributed by atoms with van der Waals surface area (Å²) in [4.78, 5) is 21.2. The number of hydrogen-bond acceptors (Lipinski definition) is 3. The number of nitrogens with zero attached hydrogens (tertiary/aromatic N) is 5. The maximum atomic E-state index is 5.49. The average molecular weight is 902 g/mol. The van der Waals surface area contributed by atoms with Crippen molar-refractivity contribution < 1.29 is 0 Å². The quantitative estimate of drug-likeness (QED) is 0.145. The third-order valence-electron chi connectivity index (χ3n) is 13.3. The Morgan fingerprint density at radius 3 is 1.23 bits per heavy atom. The van der Waals surface area contributed by atoms with E-state index in [1.165, 1.54) is 41.4 Å². The summed E-state index contributed by atoms with van der Waals surface area (Å²) in [5.41, 5.74) is 9.50. The zero-order chi connectivity index (χ0) is 45.7. The molecule has 3 aromatic heterocycles. The number of rotatable bonds is 9. The van der Waals surface area contributed by atoms with E-state index >= 15 is 0 Å². The van der Waals surface area contributed by atoms with E-state index in [1.807, 2.05) is 6.07 Å². The molecule has 0 atom stereocenters. The lowest BCUT2D eigenvalue weighted by Crippen LogP contribution is -2.07. The zero-order valence-electron chi connectivity index (χ0n) is 37.5. The molecule has 0 aliphatic carbocycles. The predicted molar refractivity (Wildman–Crippen MR) is 285 cm³/mol. The number of hydrogen-bond donors (Lipinski definition) is 0. The summed E-state index contributed by atoms with van der Waals surface area (Å²) in [7, 11) is -1.98. The van der Waals surface area contributed by atoms with Crippen LogP contribution in [0.15, 0.2) is 280 Å². The van der Waals surface area contributed by atoms with E-state index in [2.05, 4.69) is 264 Å². The SMILES string of the molecule is c1ccc(-c2cccc(-c3nc(-c4cccc(S(c5ccccc5)(c5ccccc5)c5ccccc5)c4)nc(-n4c5ccccc5c5cc(-n6c7ccccc7c7ccccc76)ccc54)n3)c2)cc1. The van der Waals surface area contributed by atoms with Gasteiger partial charge in [-0.3, -0.25) is 4.57 Å². The summed E-state index contributed by atoms with van der Waals surface area (Å²) >= 11 is 0. The minimum Gasteiger partial charge on any atom is -0.309 e. The monoisotopic (exact) mass is 901 g/mol. The summed E-state index contributed by atoms with van der Waals surface area (Å²) in [5.74, 6) is 1.74. The first kappa shape index (κ1) is 40.4. The topological polar surface area (TPSA) is 48.5 Å². The van der Waals surface area contributed by atoms with Crippen LogP contribution in [0.3, 0.4) is 0 Å². The third kappa shape index (κ3) is 6.75. The van der Waals surface area contributed by atoms with Crippen LogP contribution in [0.1, 0.15) is 0 Å². The molecule has 0 unspecified atom stereocenters. The van der Waals surface area contributed by atoms with Gasteiger partial charge in [0.2, 0.25) is 5.95 Å². The molecule has 13 rings (SSSR count). The van der Waals surface area contributed by atoms with Gasteiger partial charge in [-0.15, -0.1) is 10.0 Å². The van der Waals surface area contributed by atoms with Crippen molar-refractivity contribution >= 4 is 53.6 Å². The van der Waals surface area contributed by atoms with E-state index < -0.39 is 10.0 Å². The fraction of sp³-hybridized carbons (Fsp3) is 0. The molecule has 0 aliphatic heterocycles. The van der Waals surface area contributed by atoms with Crippen LogP contribution in [-0.2, 0) is 0 Å². The summed E-state index contributed by atoms with van der Waals surface area (Å²) in [5, 5.41) is 4.70. The van der Waals surface area contributed by atoms with Gasteiger partial charge in [-0.1, -0.05) is 170 Å². The van der Waals surface area contributed by atoms with Crippen molar-refractivity contribution in [2.45, 2.75) is 19.6 Å². The first-order valence-corrected chi connectivity index (χ1v) is 24.9. The number of fused-ring (bicyclic) bond motifs is 6. The van der Waals surface area contributed by atoms with E-state index in [1.54, 1.807) is 0 Å². The maximum Gasteiger partial charge on any atom is 0.238 e. The number of para-hydroxylation sites is 3. The van der Waals surface area contributed by atoms with Gasteiger partial charge < -0.3 is 4.57 Å². The second kappa shape index (κ2) is 16.8. The van der Waals surface area contributed by atoms with Gasteiger partial charge in [-0.2, -0.15) is 9.97 Å². The Kier molecular flexibility index (Phi) is 9.84. The molecule has 5 nitrogen and oxygen atoms in total. The Bertz CT molecular complexity index is 3860. The molecule has 13 aromatic rings. The van der Waals surface area contributed by atoms with Gasteiger partial charge in [-0.25, -0.2) is 4.98 Å². The Morgan fingerprint density at radius 1 is 0.261 bits per heavy atom. The highest BCUT2D eigenvalue weighted by atomic mass is 32.3. The Hall–Kier alpha value is -8.84. The highest BCUT2D eigenvalue weighted by Crippen LogP contribution is 2.73. The zero-order valence-corrected chi connectivity index (χ0v) is 38.3. The van der Waals surface area contributed by atoms with Crippen molar-refractivity contribution in [1.29, 1.82) is 0 Å². The van der Waals surface area contributed by atoms with Crippen molar-refractivity contribution in [2.75, 3.05) is 0 Å². The molecular formula is C63H43N5S. The van der Waals surface area contributed by atoms with Crippen LogP contribution in [0.5, 0.6) is 0 Å². The molecular weight excluding hydrogens is 859 g/mol. The van der Waals surface area contributed by atoms with Gasteiger partial charge in [0, 0.05) is 57.9 Å². The summed E-state index contributed by atoms with van der Waals surface area (Å²) < 4.78 is 4.60. The van der Waals surface area contributed by atoms with Gasteiger partial charge in [-0.05, 0) is 102 Å². The normalized spacial score (nSPS) is 12.0. The summed E-state index contributed by atoms with van der Waals surface area (Å²) in [6, 6.07) is 93.5. The Morgan fingerprint density at radius 2 is 0.667 bits per heavy atom. The molecule has 10 aromatic carbocycles. The highest BCUT2D eigenvalue weighted by Gasteiger charge is 2.33. The maximum absolute atomic E-state index is 5.49. The summed E-state index contributed by atoms with van der Waals surface area (Å²) in [6.45, 7) is 0. The molecule has 326 valence electrons. The van der Waals surface area contributed by atoms with Crippen molar-refractivity contribution in [2.24, 2.45) is 0 Å². The largest absolute Gasteiger partial charge is 0.309 e. The van der Waals surface area contributed by atoms with E-state index in [9.17, 15) is 0 Å². The molecule has 0 amide bonds. The Balaban J connectivity index is 1.05. The van der Waals surface area contributed by atoms with Crippen molar-refractivity contribution in [3.05, 3.63) is 261 Å². The highest BCUT2D eigenvalue weighted by molar-refractivity contribution is 8.34. The first-order chi connectivity index (χ1) is 34.2. The van der Waals surface area contributed by atoms with Crippen LogP contribution in [-0.4, -0.2) is 24.1 Å². The van der Waals surface area contributed by atoms with E-state index in [4.69, 9.17) is 15.0 Å². The van der Waals surface area contributed by atoms with E-state index in [0.717, 1.165) is 49.7 Å². The van der Waals surface area contributed by atoms with Gasteiger partial charge in [0.25, 0.3) is 0 Å². The van der Waals surface area contributed by atoms with Crippen LogP contribution in [0.2, 0.25) is 0 Å². The average Bonchev–Trinajstić information content (AvgIpc) is 3.95. The fourth-order valence-corrected chi connectivity index (χ4v) is 14.1. The van der Waals surface area contributed by atoms with Crippen LogP contribution >= 0.6 is 10.0 Å². The van der Waals surface area contributed by atoms with Crippen molar-refractivity contribution in [3.63, 3.8) is 0 Å². The molecule has 6 heteroatoms. The van der Waals surface area contributed by atoms with Gasteiger partial charge in [0.05, 0.1) is 22.1 Å². The summed E-state index contributed by atoms with van der Waals surface area (Å²) in [6.07, 6.45) is 0. The smallest absolute Gasteiger partial charge is 0.238 e. The minimum atomic E-state index is -1.98. The molecule has 0 saturated carbocycles. The van der Waals surface area contributed by atoms with E-state index in [-0.39, 0.29) is 0 Å². The molecule has 0 radical (unpaired) electrons. The second-order valence-corrected chi connectivity index (χ2v) is 20.3. The third-order valence-corrected chi connectivity index (χ3v) is 17.2. The molecule has 3 heterocycles. The standard InChI is InChI=1S/C63H43N5S/c1-5-21-44(22-6-1)45-23-19-24-46(41-45)61-64-62(47-25-20-32-52(42-47)69(49-26-7-2-8-27-49,50-28-9-3-10-29-50)51-30-11-4-12-31-51)66-63(65-61)68-59-38-18-15-35-55(59)56-43-48(39-40-60(56)68)67-57-36-16-13-33-53(57)54-34-14-17-37-58(54)67/h1-43H. The van der Waals surface area contributed by atoms with Crippen LogP contribution in [0.4, 0.5) is 0 Å². The lowest BCUT2D eigenvalue weighted by molar-refractivity contribution is 0.952. The number of benzene rings is 10. The van der Waals surface area contributed by atoms with Crippen molar-refractivity contribution in [3.8, 4) is 45.5 Å². The molecule has 0 aliphatic rings. The molecule has 0 spiro atoms. The predicted octanol–water partition coefficient (Wildman–Crippen LogP) is 16.4. The van der Waals surface area contributed by atoms with Crippen LogP contribution in [0.25, 0.3) is 89.2 Å². The van der Waals surface area contributed by atoms with Gasteiger partial charge in [0.15, 0.2) is 11.6 Å². The van der Waals surface area contributed by atoms with E-state index in [0.29, 0.717) is 17.6 Å². The van der Waals surface area contributed by atoms with Crippen LogP contribution < -0.4 is 0 Å².